The summed E-state index contributed by atoms with van der Waals surface area (Å²) in [6.45, 7) is 8.97. The molecule has 2 rings (SSSR count). The lowest BCUT2D eigenvalue weighted by atomic mass is 9.84. The third-order valence-electron chi connectivity index (χ3n) is 8.14. The molecule has 46 heavy (non-hydrogen) atoms. The highest BCUT2D eigenvalue weighted by Crippen LogP contribution is 2.63. The van der Waals surface area contributed by atoms with E-state index < -0.39 is 58.5 Å². The molecule has 0 aromatic heterocycles. The van der Waals surface area contributed by atoms with Gasteiger partial charge < -0.3 is 11.5 Å². The van der Waals surface area contributed by atoms with Crippen molar-refractivity contribution in [2.24, 2.45) is 0 Å². The summed E-state index contributed by atoms with van der Waals surface area (Å²) in [5.74, 6) is -44.0. The summed E-state index contributed by atoms with van der Waals surface area (Å²) in [5.41, 5.74) is 7.02. The minimum absolute atomic E-state index is 0.0887. The predicted molar refractivity (Wildman–Crippen MR) is 155 cm³/mol. The van der Waals surface area contributed by atoms with E-state index >= 15 is 52.7 Å². The number of rotatable bonds is 15. The van der Waals surface area contributed by atoms with Crippen LogP contribution in [0.3, 0.4) is 0 Å². The second-order valence-corrected chi connectivity index (χ2v) is 12.2. The van der Waals surface area contributed by atoms with Crippen LogP contribution in [-0.2, 0) is 24.7 Å². The molecule has 0 aliphatic carbocycles. The topological polar surface area (TPSA) is 52.0 Å². The van der Waals surface area contributed by atoms with Crippen molar-refractivity contribution < 1.29 is 52.7 Å². The summed E-state index contributed by atoms with van der Waals surface area (Å²) < 4.78 is 182. The van der Waals surface area contributed by atoms with Gasteiger partial charge in [0.25, 0.3) is 0 Å². The fourth-order valence-corrected chi connectivity index (χ4v) is 5.09. The van der Waals surface area contributed by atoms with Crippen LogP contribution in [0, 0.1) is 0 Å². The monoisotopic (exact) mass is 680 g/mol. The van der Waals surface area contributed by atoms with Crippen LogP contribution in [-0.4, -0.2) is 23.7 Å². The first-order valence-electron chi connectivity index (χ1n) is 14.9. The van der Waals surface area contributed by atoms with Crippen LogP contribution in [0.25, 0.3) is 0 Å². The molecule has 2 aromatic carbocycles. The van der Waals surface area contributed by atoms with Gasteiger partial charge >= 0.3 is 35.5 Å². The molecule has 0 fully saturated rings. The number of anilines is 2. The van der Waals surface area contributed by atoms with Crippen LogP contribution in [0.2, 0.25) is 0 Å². The van der Waals surface area contributed by atoms with Crippen molar-refractivity contribution in [2.75, 3.05) is 11.5 Å². The highest BCUT2D eigenvalue weighted by Gasteiger charge is 2.90. The van der Waals surface area contributed by atoms with Crippen molar-refractivity contribution >= 4 is 11.4 Å². The predicted octanol–water partition coefficient (Wildman–Crippen LogP) is 11.2. The van der Waals surface area contributed by atoms with Crippen molar-refractivity contribution in [3.8, 4) is 0 Å². The maximum Gasteiger partial charge on any atom is 0.385 e. The molecule has 0 bridgehead atoms. The molecule has 0 unspecified atom stereocenters. The number of nitrogen functional groups attached to an aromatic ring is 2. The van der Waals surface area contributed by atoms with Gasteiger partial charge in [-0.25, -0.2) is 0 Å². The van der Waals surface area contributed by atoms with Crippen LogP contribution in [0.4, 0.5) is 64.1 Å². The molecular formula is C32H40F12N2. The molecule has 0 atom stereocenters. The average Bonchev–Trinajstić information content (AvgIpc) is 2.94. The SMILES string of the molecule is CCCCc1cc(C(F)(F)C(F)(F)C(F)(F)C(F)(F)C(F)(F)C(F)(F)c2cc(CCCC)c(N)c(C(C)C)c2)cc(C(C)C)c1N. The minimum atomic E-state index is -7.71. The third-order valence-corrected chi connectivity index (χ3v) is 8.14. The molecule has 0 saturated carbocycles. The van der Waals surface area contributed by atoms with Crippen molar-refractivity contribution in [2.45, 2.75) is 127 Å². The third kappa shape index (κ3) is 6.37. The van der Waals surface area contributed by atoms with Gasteiger partial charge in [-0.15, -0.1) is 0 Å². The van der Waals surface area contributed by atoms with Gasteiger partial charge in [-0.1, -0.05) is 54.4 Å². The van der Waals surface area contributed by atoms with E-state index in [-0.39, 0.29) is 59.3 Å². The molecule has 0 amide bonds. The smallest absolute Gasteiger partial charge is 0.385 e. The zero-order valence-corrected chi connectivity index (χ0v) is 26.4. The zero-order chi connectivity index (χ0) is 35.8. The summed E-state index contributed by atoms with van der Waals surface area (Å²) in [6.07, 6.45) is 1.32. The van der Waals surface area contributed by atoms with E-state index in [1.165, 1.54) is 27.7 Å². The molecule has 0 aliphatic rings. The number of alkyl halides is 12. The van der Waals surface area contributed by atoms with E-state index in [9.17, 15) is 0 Å². The lowest BCUT2D eigenvalue weighted by Crippen LogP contribution is -2.69. The number of unbranched alkanes of at least 4 members (excludes halogenated alkanes) is 2. The van der Waals surface area contributed by atoms with Gasteiger partial charge in [-0.3, -0.25) is 0 Å². The van der Waals surface area contributed by atoms with Gasteiger partial charge in [0.15, 0.2) is 0 Å². The first kappa shape index (κ1) is 39.4. The average molecular weight is 681 g/mol. The molecule has 0 aliphatic heterocycles. The Morgan fingerprint density at radius 1 is 0.500 bits per heavy atom. The van der Waals surface area contributed by atoms with Crippen molar-refractivity contribution in [3.05, 3.63) is 57.6 Å². The Bertz CT molecular complexity index is 1260. The summed E-state index contributed by atoms with van der Waals surface area (Å²) in [7, 11) is 0. The maximum atomic E-state index is 15.4. The largest absolute Gasteiger partial charge is 0.398 e. The van der Waals surface area contributed by atoms with Gasteiger partial charge in [0, 0.05) is 22.5 Å². The van der Waals surface area contributed by atoms with Crippen LogP contribution in [0.1, 0.15) is 112 Å². The first-order valence-corrected chi connectivity index (χ1v) is 14.9. The second kappa shape index (κ2) is 13.4. The van der Waals surface area contributed by atoms with E-state index in [2.05, 4.69) is 0 Å². The van der Waals surface area contributed by atoms with Crippen LogP contribution in [0.15, 0.2) is 24.3 Å². The Morgan fingerprint density at radius 2 is 0.783 bits per heavy atom. The maximum absolute atomic E-state index is 15.4. The van der Waals surface area contributed by atoms with Crippen LogP contribution < -0.4 is 11.5 Å². The second-order valence-electron chi connectivity index (χ2n) is 12.2. The zero-order valence-electron chi connectivity index (χ0n) is 26.4. The summed E-state index contributed by atoms with van der Waals surface area (Å²) in [5, 5.41) is 0. The van der Waals surface area contributed by atoms with Crippen molar-refractivity contribution in [1.82, 2.24) is 0 Å². The van der Waals surface area contributed by atoms with Crippen LogP contribution in [0.5, 0.6) is 0 Å². The van der Waals surface area contributed by atoms with Gasteiger partial charge in [0.2, 0.25) is 0 Å². The highest BCUT2D eigenvalue weighted by atomic mass is 19.4. The normalized spacial score (nSPS) is 14.1. The molecule has 0 heterocycles. The highest BCUT2D eigenvalue weighted by molar-refractivity contribution is 5.59. The Kier molecular flexibility index (Phi) is 11.4. The Hall–Kier alpha value is -2.80. The molecule has 0 radical (unpaired) electrons. The number of benzene rings is 2. The molecule has 262 valence electrons. The van der Waals surface area contributed by atoms with E-state index in [0.717, 1.165) is 0 Å². The Labute approximate surface area is 260 Å². The lowest BCUT2D eigenvalue weighted by molar-refractivity contribution is -0.429. The number of hydrogen-bond acceptors (Lipinski definition) is 2. The number of aryl methyl sites for hydroxylation is 2. The van der Waals surface area contributed by atoms with E-state index in [1.807, 2.05) is 0 Å². The van der Waals surface area contributed by atoms with E-state index in [0.29, 0.717) is 37.1 Å². The Morgan fingerprint density at radius 3 is 1.02 bits per heavy atom. The molecule has 0 saturated heterocycles. The molecule has 14 heteroatoms. The number of hydrogen-bond donors (Lipinski definition) is 2. The molecule has 4 N–H and O–H groups in total. The summed E-state index contributed by atoms with van der Waals surface area (Å²) in [6, 6.07) is 1.21. The van der Waals surface area contributed by atoms with Crippen molar-refractivity contribution in [3.63, 3.8) is 0 Å². The summed E-state index contributed by atoms with van der Waals surface area (Å²) >= 11 is 0. The number of halogens is 12. The van der Waals surface area contributed by atoms with E-state index in [1.54, 1.807) is 13.8 Å². The molecule has 2 nitrogen and oxygen atoms in total. The van der Waals surface area contributed by atoms with Crippen LogP contribution >= 0.6 is 0 Å². The minimum Gasteiger partial charge on any atom is -0.398 e. The van der Waals surface area contributed by atoms with E-state index in [4.69, 9.17) is 11.5 Å². The van der Waals surface area contributed by atoms with Gasteiger partial charge in [0.1, 0.15) is 0 Å². The lowest BCUT2D eigenvalue weighted by Gasteiger charge is -2.41. The Balaban J connectivity index is 2.77. The molecule has 2 aromatic rings. The standard InChI is InChI=1S/C32H40F12N2/c1-7-9-11-19-13-21(15-23(17(3)4)25(19)45)27(33,34)29(37,38)31(41,42)32(43,44)30(39,40)28(35,36)22-14-20(12-10-8-2)26(46)24(16-22)18(5)6/h13-18H,7-12,45-46H2,1-6H3. The molecular weight excluding hydrogens is 640 g/mol. The van der Waals surface area contributed by atoms with Crippen molar-refractivity contribution in [1.29, 1.82) is 0 Å². The fourth-order valence-electron chi connectivity index (χ4n) is 5.09. The summed E-state index contributed by atoms with van der Waals surface area (Å²) in [4.78, 5) is 0. The quantitative estimate of drug-likeness (QED) is 0.145. The van der Waals surface area contributed by atoms with Gasteiger partial charge in [0.05, 0.1) is 0 Å². The molecule has 0 spiro atoms. The number of nitrogens with two attached hydrogens (primary N) is 2. The van der Waals surface area contributed by atoms with Gasteiger partial charge in [-0.2, -0.15) is 52.7 Å². The first-order chi connectivity index (χ1) is 20.8. The fraction of sp³-hybridized carbons (Fsp3) is 0.625. The van der Waals surface area contributed by atoms with Gasteiger partial charge in [-0.05, 0) is 84.0 Å².